The molecule has 0 saturated carbocycles. The first-order valence-corrected chi connectivity index (χ1v) is 6.94. The van der Waals surface area contributed by atoms with Crippen molar-refractivity contribution in [3.63, 3.8) is 0 Å². The molecule has 21 heavy (non-hydrogen) atoms. The van der Waals surface area contributed by atoms with Crippen molar-refractivity contribution in [2.45, 2.75) is 20.8 Å². The summed E-state index contributed by atoms with van der Waals surface area (Å²) in [5.74, 6) is -1.44. The van der Waals surface area contributed by atoms with Crippen LogP contribution >= 0.6 is 0 Å². The fourth-order valence-corrected chi connectivity index (χ4v) is 1.62. The second-order valence-electron chi connectivity index (χ2n) is 4.35. The van der Waals surface area contributed by atoms with Gasteiger partial charge in [-0.1, -0.05) is 24.3 Å². The Morgan fingerprint density at radius 2 is 1.71 bits per heavy atom. The maximum Gasteiger partial charge on any atom is 0.346 e. The van der Waals surface area contributed by atoms with E-state index in [1.165, 1.54) is 50.0 Å². The summed E-state index contributed by atoms with van der Waals surface area (Å²) in [6.45, 7) is 10.5. The average Bonchev–Trinajstić information content (AvgIpc) is 2.49. The highest BCUT2D eigenvalue weighted by Crippen LogP contribution is 2.10. The van der Waals surface area contributed by atoms with E-state index in [0.717, 1.165) is 0 Å². The largest absolute Gasteiger partial charge is 0.872 e. The van der Waals surface area contributed by atoms with Gasteiger partial charge in [-0.2, -0.15) is 5.26 Å². The Balaban J connectivity index is 0.000000486. The molecule has 0 aromatic heterocycles. The van der Waals surface area contributed by atoms with Crippen LogP contribution < -0.4 is 10.0 Å². The van der Waals surface area contributed by atoms with E-state index in [1.54, 1.807) is 11.0 Å². The highest BCUT2D eigenvalue weighted by molar-refractivity contribution is 5.96. The summed E-state index contributed by atoms with van der Waals surface area (Å²) in [7, 11) is 0. The molecule has 5 nitrogen and oxygen atoms in total. The number of benzene rings is 1. The van der Waals surface area contributed by atoms with Crippen molar-refractivity contribution in [2.75, 3.05) is 19.6 Å². The number of rotatable bonds is 5. The van der Waals surface area contributed by atoms with Crippen molar-refractivity contribution in [2.24, 2.45) is 0 Å². The van der Waals surface area contributed by atoms with E-state index in [9.17, 15) is 9.90 Å². The molecule has 0 heterocycles. The Morgan fingerprint density at radius 3 is 2.00 bits per heavy atom. The Hall–Kier alpha value is -2.32. The predicted octanol–water partition coefficient (Wildman–Crippen LogP) is 0.683. The summed E-state index contributed by atoms with van der Waals surface area (Å²) in [6, 6.07) is 7.09. The number of aliphatic carboxylic acids is 1. The number of hydrogen-bond donors (Lipinski definition) is 2. The van der Waals surface area contributed by atoms with Crippen LogP contribution in [0.4, 0.5) is 0 Å². The molecular formula is C16H22N2O3. The third-order valence-electron chi connectivity index (χ3n) is 3.04. The highest BCUT2D eigenvalue weighted by atomic mass is 16.4. The lowest BCUT2D eigenvalue weighted by atomic mass is 10.1. The van der Waals surface area contributed by atoms with Crippen LogP contribution in [0.5, 0.6) is 5.75 Å². The van der Waals surface area contributed by atoms with Gasteiger partial charge in [0.2, 0.25) is 0 Å². The quantitative estimate of drug-likeness (QED) is 0.616. The number of hydrogen-bond acceptors (Lipinski definition) is 3. The Labute approximate surface area is 125 Å². The zero-order valence-electron chi connectivity index (χ0n) is 12.7. The van der Waals surface area contributed by atoms with Crippen LogP contribution in [0.1, 0.15) is 26.3 Å². The monoisotopic (exact) mass is 290 g/mol. The first-order chi connectivity index (χ1) is 9.98. The summed E-state index contributed by atoms with van der Waals surface area (Å²) in [6.07, 6.45) is 1.21. The summed E-state index contributed by atoms with van der Waals surface area (Å²) >= 11 is 0. The summed E-state index contributed by atoms with van der Waals surface area (Å²) in [5.41, 5.74) is 0.159. The molecule has 2 N–H and O–H groups in total. The lowest BCUT2D eigenvalue weighted by Crippen LogP contribution is -3.11. The molecule has 1 aromatic rings. The zero-order valence-corrected chi connectivity index (χ0v) is 12.7. The van der Waals surface area contributed by atoms with Crippen LogP contribution in [0.2, 0.25) is 0 Å². The SMILES string of the molecule is CC[NH+](CC)CC.N#CC(=Cc1ccc([O-])cc1)C(=O)O. The first-order valence-electron chi connectivity index (χ1n) is 6.94. The maximum absolute atomic E-state index is 10.7. The molecule has 0 amide bonds. The molecule has 0 atom stereocenters. The molecule has 0 unspecified atom stereocenters. The normalized spacial score (nSPS) is 10.5. The zero-order chi connectivity index (χ0) is 16.3. The van der Waals surface area contributed by atoms with Crippen molar-refractivity contribution in [1.82, 2.24) is 0 Å². The fraction of sp³-hybridized carbons (Fsp3) is 0.375. The number of carbonyl (C=O) groups is 1. The van der Waals surface area contributed by atoms with Gasteiger partial charge in [0.25, 0.3) is 0 Å². The molecule has 0 aliphatic rings. The number of nitrogens with one attached hydrogen (secondary N) is 1. The van der Waals surface area contributed by atoms with E-state index in [-0.39, 0.29) is 11.3 Å². The van der Waals surface area contributed by atoms with Crippen LogP contribution in [0.25, 0.3) is 6.08 Å². The predicted molar refractivity (Wildman–Crippen MR) is 79.7 cm³/mol. The summed E-state index contributed by atoms with van der Waals surface area (Å²) < 4.78 is 0. The van der Waals surface area contributed by atoms with Crippen molar-refractivity contribution >= 4 is 12.0 Å². The van der Waals surface area contributed by atoms with E-state index in [4.69, 9.17) is 10.4 Å². The van der Waals surface area contributed by atoms with E-state index in [2.05, 4.69) is 20.8 Å². The second kappa shape index (κ2) is 10.5. The molecule has 0 fully saturated rings. The van der Waals surface area contributed by atoms with Gasteiger partial charge in [-0.25, -0.2) is 4.79 Å². The van der Waals surface area contributed by atoms with E-state index in [1.807, 2.05) is 0 Å². The number of nitriles is 1. The first kappa shape index (κ1) is 18.7. The lowest BCUT2D eigenvalue weighted by Gasteiger charge is -2.10. The van der Waals surface area contributed by atoms with Gasteiger partial charge >= 0.3 is 5.97 Å². The maximum atomic E-state index is 10.7. The van der Waals surface area contributed by atoms with Crippen LogP contribution in [0.3, 0.4) is 0 Å². The Kier molecular flexibility index (Phi) is 9.31. The molecule has 0 bridgehead atoms. The van der Waals surface area contributed by atoms with Crippen LogP contribution in [0, 0.1) is 11.3 Å². The minimum absolute atomic E-state index is 0.156. The van der Waals surface area contributed by atoms with Crippen molar-refractivity contribution < 1.29 is 19.9 Å². The fourth-order valence-electron chi connectivity index (χ4n) is 1.62. The average molecular weight is 290 g/mol. The summed E-state index contributed by atoms with van der Waals surface area (Å²) in [4.78, 5) is 12.1. The van der Waals surface area contributed by atoms with Gasteiger partial charge in [-0.15, -0.1) is 5.75 Å². The number of carboxylic acids is 1. The van der Waals surface area contributed by atoms with Crippen LogP contribution in [-0.2, 0) is 4.79 Å². The Bertz CT molecular complexity index is 492. The molecule has 0 saturated heterocycles. The molecule has 0 aliphatic carbocycles. The number of nitrogens with zero attached hydrogens (tertiary/aromatic N) is 1. The van der Waals surface area contributed by atoms with Crippen molar-refractivity contribution in [3.05, 3.63) is 35.4 Å². The molecule has 114 valence electrons. The van der Waals surface area contributed by atoms with Crippen molar-refractivity contribution in [3.8, 4) is 11.8 Å². The molecule has 1 rings (SSSR count). The van der Waals surface area contributed by atoms with Gasteiger partial charge < -0.3 is 15.1 Å². The topological polar surface area (TPSA) is 88.6 Å². The Morgan fingerprint density at radius 1 is 1.24 bits per heavy atom. The van der Waals surface area contributed by atoms with Gasteiger partial charge in [0.05, 0.1) is 19.6 Å². The number of carboxylic acid groups (broad SMARTS) is 1. The third-order valence-corrected chi connectivity index (χ3v) is 3.04. The molecule has 5 heteroatoms. The van der Waals surface area contributed by atoms with Crippen molar-refractivity contribution in [1.29, 1.82) is 5.26 Å². The van der Waals surface area contributed by atoms with Gasteiger partial charge in [0.15, 0.2) is 0 Å². The minimum Gasteiger partial charge on any atom is -0.872 e. The molecule has 0 radical (unpaired) electrons. The minimum atomic E-state index is -1.28. The second-order valence-corrected chi connectivity index (χ2v) is 4.35. The smallest absolute Gasteiger partial charge is 0.346 e. The molecular weight excluding hydrogens is 268 g/mol. The third kappa shape index (κ3) is 7.75. The summed E-state index contributed by atoms with van der Waals surface area (Å²) in [5, 5.41) is 27.7. The van der Waals surface area contributed by atoms with Gasteiger partial charge in [0, 0.05) is 0 Å². The lowest BCUT2D eigenvalue weighted by molar-refractivity contribution is -0.894. The number of quaternary nitrogens is 1. The highest BCUT2D eigenvalue weighted by Gasteiger charge is 2.04. The van der Waals surface area contributed by atoms with E-state index >= 15 is 0 Å². The van der Waals surface area contributed by atoms with E-state index < -0.39 is 5.97 Å². The van der Waals surface area contributed by atoms with Crippen LogP contribution in [-0.4, -0.2) is 30.7 Å². The standard InChI is InChI=1S/C10H7NO3.C6H15N/c11-6-8(10(13)14)5-7-1-3-9(12)4-2-7;1-4-7(5-2)6-3/h1-5,12H,(H,13,14);4-6H2,1-3H3. The van der Waals surface area contributed by atoms with Gasteiger partial charge in [-0.05, 0) is 32.4 Å². The molecule has 0 spiro atoms. The molecule has 0 aliphatic heterocycles. The van der Waals surface area contributed by atoms with Gasteiger partial charge in [0.1, 0.15) is 11.6 Å². The van der Waals surface area contributed by atoms with Crippen LogP contribution in [0.15, 0.2) is 29.8 Å². The molecule has 1 aromatic carbocycles. The van der Waals surface area contributed by atoms with Gasteiger partial charge in [-0.3, -0.25) is 0 Å². The van der Waals surface area contributed by atoms with E-state index in [0.29, 0.717) is 5.56 Å².